The first kappa shape index (κ1) is 25.6. The van der Waals surface area contributed by atoms with Crippen molar-refractivity contribution in [2.75, 3.05) is 6.61 Å². The van der Waals surface area contributed by atoms with E-state index in [1.807, 2.05) is 48.5 Å². The van der Waals surface area contributed by atoms with Gasteiger partial charge in [-0.2, -0.15) is 0 Å². The van der Waals surface area contributed by atoms with Gasteiger partial charge in [-0.1, -0.05) is 78.9 Å². The number of aliphatic hydroxyl groups is 1. The van der Waals surface area contributed by atoms with E-state index >= 15 is 0 Å². The first-order valence-corrected chi connectivity index (χ1v) is 12.2. The molecule has 1 aliphatic carbocycles. The topological polar surface area (TPSA) is 128 Å². The van der Waals surface area contributed by atoms with Gasteiger partial charge in [0.25, 0.3) is 5.69 Å². The predicted molar refractivity (Wildman–Crippen MR) is 142 cm³/mol. The number of amides is 1. The van der Waals surface area contributed by atoms with Gasteiger partial charge < -0.3 is 19.9 Å². The molecular weight excluding hydrogens is 500 g/mol. The zero-order chi connectivity index (χ0) is 27.4. The molecule has 0 fully saturated rings. The van der Waals surface area contributed by atoms with Crippen molar-refractivity contribution < 1.29 is 29.1 Å². The molecule has 0 aliphatic heterocycles. The minimum absolute atomic E-state index is 0.00673. The van der Waals surface area contributed by atoms with Crippen molar-refractivity contribution in [3.05, 3.63) is 130 Å². The molecule has 0 radical (unpaired) electrons. The van der Waals surface area contributed by atoms with Crippen LogP contribution < -0.4 is 10.1 Å². The fourth-order valence-corrected chi connectivity index (χ4v) is 4.72. The van der Waals surface area contributed by atoms with E-state index in [4.69, 9.17) is 9.47 Å². The Hall–Kier alpha value is -5.02. The summed E-state index contributed by atoms with van der Waals surface area (Å²) in [7, 11) is 0. The second kappa shape index (κ2) is 11.2. The summed E-state index contributed by atoms with van der Waals surface area (Å²) in [5.41, 5.74) is 3.94. The molecule has 0 bridgehead atoms. The maximum Gasteiger partial charge on any atom is 0.407 e. The van der Waals surface area contributed by atoms with Gasteiger partial charge >= 0.3 is 12.1 Å². The molecule has 0 saturated heterocycles. The predicted octanol–water partition coefficient (Wildman–Crippen LogP) is 5.14. The highest BCUT2D eigenvalue weighted by molar-refractivity contribution is 5.84. The number of nitrogens with one attached hydrogen (secondary N) is 1. The lowest BCUT2D eigenvalue weighted by atomic mass is 9.98. The molecule has 1 aliphatic rings. The van der Waals surface area contributed by atoms with Gasteiger partial charge in [0.1, 0.15) is 18.5 Å². The standard InChI is InChI=1S/C30H24N2O7/c33-28(19-9-8-10-20(17-19)32(36)37)27(29(34)39-21-11-2-1-3-12-21)31-30(35)38-18-26-24-15-6-4-13-22(24)23-14-5-7-16-25(23)26/h1-17,26-28,33H,18H2,(H,31,35)/t27-,28-/m1/s1. The Morgan fingerprint density at radius 3 is 2.13 bits per heavy atom. The van der Waals surface area contributed by atoms with Crippen LogP contribution in [0.1, 0.15) is 28.7 Å². The Labute approximate surface area is 223 Å². The number of fused-ring (bicyclic) bond motifs is 3. The van der Waals surface area contributed by atoms with E-state index in [2.05, 4.69) is 5.32 Å². The zero-order valence-corrected chi connectivity index (χ0v) is 20.6. The monoisotopic (exact) mass is 524 g/mol. The Morgan fingerprint density at radius 2 is 1.49 bits per heavy atom. The van der Waals surface area contributed by atoms with Gasteiger partial charge in [-0.05, 0) is 39.9 Å². The molecule has 2 atom stereocenters. The molecule has 0 unspecified atom stereocenters. The third kappa shape index (κ3) is 5.48. The van der Waals surface area contributed by atoms with E-state index in [-0.39, 0.29) is 29.5 Å². The number of non-ortho nitro benzene ring substituents is 1. The number of nitro benzene ring substituents is 1. The van der Waals surface area contributed by atoms with Gasteiger partial charge in [0, 0.05) is 18.1 Å². The molecular formula is C30H24N2O7. The molecule has 39 heavy (non-hydrogen) atoms. The fourth-order valence-electron chi connectivity index (χ4n) is 4.72. The summed E-state index contributed by atoms with van der Waals surface area (Å²) in [6.07, 6.45) is -2.60. The highest BCUT2D eigenvalue weighted by atomic mass is 16.6. The third-order valence-corrected chi connectivity index (χ3v) is 6.57. The largest absolute Gasteiger partial charge is 0.449 e. The molecule has 4 aromatic carbocycles. The van der Waals surface area contributed by atoms with Crippen LogP contribution in [0.5, 0.6) is 5.75 Å². The van der Waals surface area contributed by atoms with Crippen LogP contribution in [0, 0.1) is 10.1 Å². The molecule has 4 aromatic rings. The van der Waals surface area contributed by atoms with E-state index in [1.54, 1.807) is 30.3 Å². The summed E-state index contributed by atoms with van der Waals surface area (Å²) in [5, 5.41) is 24.7. The lowest BCUT2D eigenvalue weighted by Crippen LogP contribution is -2.47. The highest BCUT2D eigenvalue weighted by Crippen LogP contribution is 2.44. The van der Waals surface area contributed by atoms with Crippen LogP contribution >= 0.6 is 0 Å². The minimum atomic E-state index is -1.65. The first-order valence-electron chi connectivity index (χ1n) is 12.2. The number of ether oxygens (including phenoxy) is 2. The van der Waals surface area contributed by atoms with Crippen molar-refractivity contribution in [2.45, 2.75) is 18.1 Å². The maximum absolute atomic E-state index is 13.1. The zero-order valence-electron chi connectivity index (χ0n) is 20.6. The first-order chi connectivity index (χ1) is 18.9. The lowest BCUT2D eigenvalue weighted by molar-refractivity contribution is -0.385. The Morgan fingerprint density at radius 1 is 0.872 bits per heavy atom. The number of hydrogen-bond acceptors (Lipinski definition) is 7. The normalized spacial score (nSPS) is 13.5. The molecule has 0 spiro atoms. The molecule has 0 aromatic heterocycles. The van der Waals surface area contributed by atoms with Crippen LogP contribution in [-0.2, 0) is 9.53 Å². The number of aliphatic hydroxyl groups excluding tert-OH is 1. The molecule has 0 saturated carbocycles. The maximum atomic E-state index is 13.1. The number of rotatable bonds is 8. The summed E-state index contributed by atoms with van der Waals surface area (Å²) in [6, 6.07) is 27.4. The van der Waals surface area contributed by atoms with E-state index < -0.39 is 29.1 Å². The number of nitrogens with zero attached hydrogens (tertiary/aromatic N) is 1. The van der Waals surface area contributed by atoms with Gasteiger partial charge in [-0.3, -0.25) is 10.1 Å². The van der Waals surface area contributed by atoms with E-state index in [0.717, 1.165) is 28.3 Å². The van der Waals surface area contributed by atoms with E-state index in [1.165, 1.54) is 18.2 Å². The molecule has 5 rings (SSSR count). The van der Waals surface area contributed by atoms with Crippen LogP contribution in [0.4, 0.5) is 10.5 Å². The number of carbonyl (C=O) groups is 2. The molecule has 0 heterocycles. The lowest BCUT2D eigenvalue weighted by Gasteiger charge is -2.23. The number of carbonyl (C=O) groups excluding carboxylic acids is 2. The second-order valence-electron chi connectivity index (χ2n) is 8.98. The summed E-state index contributed by atoms with van der Waals surface area (Å²) in [6.45, 7) is -0.00673. The Balaban J connectivity index is 1.35. The van der Waals surface area contributed by atoms with Crippen LogP contribution in [0.25, 0.3) is 11.1 Å². The second-order valence-corrected chi connectivity index (χ2v) is 8.98. The van der Waals surface area contributed by atoms with Crippen molar-refractivity contribution in [1.29, 1.82) is 0 Å². The van der Waals surface area contributed by atoms with Crippen LogP contribution in [0.15, 0.2) is 103 Å². The SMILES string of the molecule is O=C(N[C@@H](C(=O)Oc1ccccc1)[C@H](O)c1cccc([N+](=O)[O-])c1)OCC1c2ccccc2-c2ccccc21. The van der Waals surface area contributed by atoms with Crippen molar-refractivity contribution in [2.24, 2.45) is 0 Å². The van der Waals surface area contributed by atoms with Crippen molar-refractivity contribution >= 4 is 17.7 Å². The van der Waals surface area contributed by atoms with Crippen LogP contribution in [0.2, 0.25) is 0 Å². The molecule has 1 amide bonds. The van der Waals surface area contributed by atoms with E-state index in [9.17, 15) is 24.8 Å². The van der Waals surface area contributed by atoms with Gasteiger partial charge in [-0.25, -0.2) is 9.59 Å². The summed E-state index contributed by atoms with van der Waals surface area (Å²) in [4.78, 5) is 36.6. The van der Waals surface area contributed by atoms with E-state index in [0.29, 0.717) is 0 Å². The van der Waals surface area contributed by atoms with Crippen LogP contribution in [0.3, 0.4) is 0 Å². The van der Waals surface area contributed by atoms with Gasteiger partial charge in [-0.15, -0.1) is 0 Å². The average Bonchev–Trinajstić information content (AvgIpc) is 3.28. The summed E-state index contributed by atoms with van der Waals surface area (Å²) in [5.74, 6) is -0.971. The number of esters is 1. The summed E-state index contributed by atoms with van der Waals surface area (Å²) >= 11 is 0. The molecule has 196 valence electrons. The molecule has 2 N–H and O–H groups in total. The third-order valence-electron chi connectivity index (χ3n) is 6.57. The molecule has 9 heteroatoms. The Kier molecular flexibility index (Phi) is 7.33. The number of benzene rings is 4. The number of alkyl carbamates (subject to hydrolysis) is 1. The quantitative estimate of drug-likeness (QED) is 0.141. The number of para-hydroxylation sites is 1. The van der Waals surface area contributed by atoms with Crippen molar-refractivity contribution in [3.8, 4) is 16.9 Å². The van der Waals surface area contributed by atoms with Gasteiger partial charge in [0.15, 0.2) is 6.04 Å². The Bertz CT molecular complexity index is 1480. The highest BCUT2D eigenvalue weighted by Gasteiger charge is 2.34. The van der Waals surface area contributed by atoms with Gasteiger partial charge in [0.05, 0.1) is 4.92 Å². The van der Waals surface area contributed by atoms with Crippen LogP contribution in [-0.4, -0.2) is 34.7 Å². The molecule has 9 nitrogen and oxygen atoms in total. The van der Waals surface area contributed by atoms with Gasteiger partial charge in [0.2, 0.25) is 0 Å². The minimum Gasteiger partial charge on any atom is -0.449 e. The smallest absolute Gasteiger partial charge is 0.407 e. The number of hydrogen-bond donors (Lipinski definition) is 2. The fraction of sp³-hybridized carbons (Fsp3) is 0.133. The van der Waals surface area contributed by atoms with Crippen molar-refractivity contribution in [3.63, 3.8) is 0 Å². The summed E-state index contributed by atoms with van der Waals surface area (Å²) < 4.78 is 10.9. The van der Waals surface area contributed by atoms with Crippen molar-refractivity contribution in [1.82, 2.24) is 5.32 Å². The number of nitro groups is 1. The average molecular weight is 525 g/mol.